The molecular formula is C17H24IN5. The number of aromatic nitrogens is 2. The molecule has 0 spiro atoms. The van der Waals surface area contributed by atoms with Crippen LogP contribution in [0.15, 0.2) is 47.6 Å². The van der Waals surface area contributed by atoms with E-state index in [4.69, 9.17) is 0 Å². The van der Waals surface area contributed by atoms with Crippen LogP contribution in [-0.2, 0) is 13.0 Å². The minimum Gasteiger partial charge on any atom is -0.351 e. The van der Waals surface area contributed by atoms with Crippen molar-refractivity contribution in [2.45, 2.75) is 19.4 Å². The highest BCUT2D eigenvalue weighted by molar-refractivity contribution is 14.0. The van der Waals surface area contributed by atoms with E-state index in [2.05, 4.69) is 55.7 Å². The Balaban J connectivity index is 0.00000192. The fraction of sp³-hybridized carbons (Fsp3) is 0.412. The number of aliphatic imine (C=N–C) groups is 1. The van der Waals surface area contributed by atoms with Gasteiger partial charge >= 0.3 is 0 Å². The lowest BCUT2D eigenvalue weighted by Gasteiger charge is -2.21. The van der Waals surface area contributed by atoms with Crippen molar-refractivity contribution in [3.8, 4) is 0 Å². The maximum atomic E-state index is 4.41. The van der Waals surface area contributed by atoms with Crippen LogP contribution in [0.2, 0.25) is 0 Å². The van der Waals surface area contributed by atoms with Gasteiger partial charge in [0.2, 0.25) is 0 Å². The first kappa shape index (κ1) is 17.8. The van der Waals surface area contributed by atoms with Crippen LogP contribution in [0.3, 0.4) is 0 Å². The quantitative estimate of drug-likeness (QED) is 0.450. The zero-order valence-corrected chi connectivity index (χ0v) is 15.7. The molecule has 1 unspecified atom stereocenters. The van der Waals surface area contributed by atoms with Gasteiger partial charge in [-0.2, -0.15) is 5.10 Å². The third-order valence-electron chi connectivity index (χ3n) is 4.16. The number of hydrogen-bond acceptors (Lipinski definition) is 2. The second kappa shape index (κ2) is 8.90. The first-order valence-corrected chi connectivity index (χ1v) is 7.83. The van der Waals surface area contributed by atoms with Crippen LogP contribution < -0.4 is 5.32 Å². The Hall–Kier alpha value is -1.57. The van der Waals surface area contributed by atoms with Crippen molar-refractivity contribution < 1.29 is 0 Å². The summed E-state index contributed by atoms with van der Waals surface area (Å²) in [5.41, 5.74) is 2.50. The van der Waals surface area contributed by atoms with Gasteiger partial charge in [0.1, 0.15) is 0 Å². The molecule has 0 radical (unpaired) electrons. The molecule has 0 amide bonds. The summed E-state index contributed by atoms with van der Waals surface area (Å²) in [6, 6.07) is 12.7. The maximum absolute atomic E-state index is 4.41. The number of guanidine groups is 1. The van der Waals surface area contributed by atoms with E-state index in [1.165, 1.54) is 12.0 Å². The number of halogens is 1. The fourth-order valence-corrected chi connectivity index (χ4v) is 3.03. The highest BCUT2D eigenvalue weighted by atomic mass is 127. The average Bonchev–Trinajstić information content (AvgIpc) is 3.21. The molecule has 0 bridgehead atoms. The highest BCUT2D eigenvalue weighted by Gasteiger charge is 2.24. The molecule has 1 saturated heterocycles. The zero-order chi connectivity index (χ0) is 15.2. The molecule has 1 aromatic carbocycles. The van der Waals surface area contributed by atoms with Gasteiger partial charge in [-0.25, -0.2) is 0 Å². The van der Waals surface area contributed by atoms with Gasteiger partial charge in [-0.15, -0.1) is 24.0 Å². The van der Waals surface area contributed by atoms with Crippen LogP contribution in [0.4, 0.5) is 0 Å². The molecule has 1 aromatic heterocycles. The van der Waals surface area contributed by atoms with Crippen molar-refractivity contribution in [1.29, 1.82) is 0 Å². The predicted molar refractivity (Wildman–Crippen MR) is 104 cm³/mol. The first-order chi connectivity index (χ1) is 10.8. The Bertz CT molecular complexity index is 597. The molecule has 1 aliphatic heterocycles. The lowest BCUT2D eigenvalue weighted by molar-refractivity contribution is 0.459. The van der Waals surface area contributed by atoms with E-state index in [0.29, 0.717) is 5.92 Å². The largest absolute Gasteiger partial charge is 0.351 e. The van der Waals surface area contributed by atoms with E-state index >= 15 is 0 Å². The molecule has 23 heavy (non-hydrogen) atoms. The van der Waals surface area contributed by atoms with Crippen molar-refractivity contribution in [2.75, 3.05) is 20.1 Å². The minimum atomic E-state index is 0. The number of aromatic amines is 1. The number of hydrogen-bond donors (Lipinski definition) is 2. The maximum Gasteiger partial charge on any atom is 0.193 e. The van der Waals surface area contributed by atoms with Crippen LogP contribution in [0.5, 0.6) is 0 Å². The van der Waals surface area contributed by atoms with Gasteiger partial charge in [0.15, 0.2) is 5.96 Å². The SMILES string of the molecule is CN=C(NCc1ccn[nH]1)N1CCC(Cc2ccccc2)C1.I. The van der Waals surface area contributed by atoms with Crippen molar-refractivity contribution in [1.82, 2.24) is 20.4 Å². The number of benzene rings is 1. The van der Waals surface area contributed by atoms with E-state index in [0.717, 1.165) is 37.7 Å². The zero-order valence-electron chi connectivity index (χ0n) is 13.4. The van der Waals surface area contributed by atoms with Crippen molar-refractivity contribution in [2.24, 2.45) is 10.9 Å². The number of nitrogens with zero attached hydrogens (tertiary/aromatic N) is 3. The molecule has 2 heterocycles. The third-order valence-corrected chi connectivity index (χ3v) is 4.16. The standard InChI is InChI=1S/C17H23N5.HI/c1-18-17(19-12-16-7-9-20-21-16)22-10-8-15(13-22)11-14-5-3-2-4-6-14;/h2-7,9,15H,8,10-13H2,1H3,(H,18,19)(H,20,21);1H. The fourth-order valence-electron chi connectivity index (χ4n) is 3.03. The summed E-state index contributed by atoms with van der Waals surface area (Å²) in [7, 11) is 1.85. The number of likely N-dealkylation sites (tertiary alicyclic amines) is 1. The van der Waals surface area contributed by atoms with E-state index < -0.39 is 0 Å². The molecule has 5 nitrogen and oxygen atoms in total. The van der Waals surface area contributed by atoms with E-state index in [1.807, 2.05) is 13.1 Å². The average molecular weight is 425 g/mol. The number of nitrogens with one attached hydrogen (secondary N) is 2. The van der Waals surface area contributed by atoms with Gasteiger partial charge in [0.05, 0.1) is 12.2 Å². The van der Waals surface area contributed by atoms with E-state index in [-0.39, 0.29) is 24.0 Å². The van der Waals surface area contributed by atoms with Crippen LogP contribution in [0.25, 0.3) is 0 Å². The molecule has 2 aromatic rings. The van der Waals surface area contributed by atoms with Crippen LogP contribution in [0.1, 0.15) is 17.7 Å². The van der Waals surface area contributed by atoms with Gasteiger partial charge in [0, 0.05) is 26.3 Å². The van der Waals surface area contributed by atoms with Crippen molar-refractivity contribution in [3.05, 3.63) is 53.9 Å². The second-order valence-corrected chi connectivity index (χ2v) is 5.77. The molecule has 1 fully saturated rings. The molecule has 1 aliphatic rings. The molecule has 124 valence electrons. The van der Waals surface area contributed by atoms with Crippen LogP contribution in [0, 0.1) is 5.92 Å². The van der Waals surface area contributed by atoms with E-state index in [9.17, 15) is 0 Å². The molecule has 6 heteroatoms. The predicted octanol–water partition coefficient (Wildman–Crippen LogP) is 2.67. The number of H-pyrrole nitrogens is 1. The Kier molecular flexibility index (Phi) is 6.88. The Morgan fingerprint density at radius 2 is 2.17 bits per heavy atom. The minimum absolute atomic E-state index is 0. The highest BCUT2D eigenvalue weighted by Crippen LogP contribution is 2.20. The van der Waals surface area contributed by atoms with Gasteiger partial charge in [-0.3, -0.25) is 10.1 Å². The van der Waals surface area contributed by atoms with E-state index in [1.54, 1.807) is 6.20 Å². The monoisotopic (exact) mass is 425 g/mol. The summed E-state index contributed by atoms with van der Waals surface area (Å²) in [4.78, 5) is 6.76. The molecule has 0 aliphatic carbocycles. The van der Waals surface area contributed by atoms with Crippen LogP contribution in [-0.4, -0.2) is 41.2 Å². The Morgan fingerprint density at radius 1 is 1.35 bits per heavy atom. The van der Waals surface area contributed by atoms with Gasteiger partial charge < -0.3 is 10.2 Å². The smallest absolute Gasteiger partial charge is 0.193 e. The topological polar surface area (TPSA) is 56.3 Å². The summed E-state index contributed by atoms with van der Waals surface area (Å²) in [6.45, 7) is 2.87. The van der Waals surface area contributed by atoms with Crippen molar-refractivity contribution in [3.63, 3.8) is 0 Å². The summed E-state index contributed by atoms with van der Waals surface area (Å²) < 4.78 is 0. The third kappa shape index (κ3) is 4.95. The second-order valence-electron chi connectivity index (χ2n) is 5.77. The normalized spacial score (nSPS) is 17.9. The molecule has 0 saturated carbocycles. The summed E-state index contributed by atoms with van der Waals surface area (Å²) in [6.07, 6.45) is 4.14. The lowest BCUT2D eigenvalue weighted by atomic mass is 9.99. The summed E-state index contributed by atoms with van der Waals surface area (Å²) in [5.74, 6) is 1.68. The van der Waals surface area contributed by atoms with Crippen molar-refractivity contribution >= 4 is 29.9 Å². The van der Waals surface area contributed by atoms with Gasteiger partial charge in [0.25, 0.3) is 0 Å². The lowest BCUT2D eigenvalue weighted by Crippen LogP contribution is -2.39. The number of rotatable bonds is 4. The Labute approximate surface area is 154 Å². The summed E-state index contributed by atoms with van der Waals surface area (Å²) >= 11 is 0. The summed E-state index contributed by atoms with van der Waals surface area (Å²) in [5, 5.41) is 10.3. The molecule has 3 rings (SSSR count). The first-order valence-electron chi connectivity index (χ1n) is 7.83. The van der Waals surface area contributed by atoms with Crippen LogP contribution >= 0.6 is 24.0 Å². The van der Waals surface area contributed by atoms with Gasteiger partial charge in [-0.1, -0.05) is 30.3 Å². The molecule has 1 atom stereocenters. The Morgan fingerprint density at radius 3 is 2.87 bits per heavy atom. The molecule has 2 N–H and O–H groups in total. The van der Waals surface area contributed by atoms with Gasteiger partial charge in [-0.05, 0) is 30.4 Å². The molecular weight excluding hydrogens is 401 g/mol.